The number of likely N-dealkylation sites (tertiary alicyclic amines) is 1. The number of aliphatic hydroxyl groups excluding tert-OH is 1. The Bertz CT molecular complexity index is 844. The van der Waals surface area contributed by atoms with Crippen molar-refractivity contribution in [3.05, 3.63) is 23.4 Å². The largest absolute Gasteiger partial charge is 0.507 e. The highest BCUT2D eigenvalue weighted by atomic mass is 16.5. The molecule has 144 valence electrons. The molecule has 1 fully saturated rings. The topological polar surface area (TPSA) is 104 Å². The van der Waals surface area contributed by atoms with Gasteiger partial charge in [0.1, 0.15) is 17.2 Å². The molecular formula is C19H25N5O3. The van der Waals surface area contributed by atoms with Gasteiger partial charge in [0.2, 0.25) is 5.95 Å². The molecule has 8 nitrogen and oxygen atoms in total. The van der Waals surface area contributed by atoms with Gasteiger partial charge in [0, 0.05) is 36.7 Å². The van der Waals surface area contributed by atoms with Crippen LogP contribution in [-0.2, 0) is 6.42 Å². The number of aliphatic hydroxyl groups is 1. The van der Waals surface area contributed by atoms with Gasteiger partial charge in [-0.15, -0.1) is 10.2 Å². The van der Waals surface area contributed by atoms with Gasteiger partial charge in [-0.05, 0) is 32.0 Å². The Morgan fingerprint density at radius 3 is 2.93 bits per heavy atom. The number of nitrogens with one attached hydrogen (secondary N) is 1. The van der Waals surface area contributed by atoms with Crippen LogP contribution in [0.25, 0.3) is 11.3 Å². The van der Waals surface area contributed by atoms with E-state index >= 15 is 0 Å². The smallest absolute Gasteiger partial charge is 0.243 e. The molecule has 8 heteroatoms. The minimum atomic E-state index is -0.352. The van der Waals surface area contributed by atoms with E-state index in [1.165, 1.54) is 0 Å². The van der Waals surface area contributed by atoms with Crippen LogP contribution in [0.15, 0.2) is 12.1 Å². The van der Waals surface area contributed by atoms with E-state index in [0.717, 1.165) is 24.4 Å². The maximum Gasteiger partial charge on any atom is 0.243 e. The fraction of sp³-hybridized carbons (Fsp3) is 0.526. The predicted octanol–water partition coefficient (Wildman–Crippen LogP) is 1.35. The molecule has 0 bridgehead atoms. The van der Waals surface area contributed by atoms with Crippen molar-refractivity contribution in [1.82, 2.24) is 20.1 Å². The number of phenols is 1. The van der Waals surface area contributed by atoms with Crippen LogP contribution in [-0.4, -0.2) is 68.7 Å². The quantitative estimate of drug-likeness (QED) is 0.740. The van der Waals surface area contributed by atoms with Crippen molar-refractivity contribution in [3.8, 4) is 22.8 Å². The van der Waals surface area contributed by atoms with Gasteiger partial charge in [-0.1, -0.05) is 6.92 Å². The number of likely N-dealkylation sites (N-methyl/N-ethyl adjacent to an activating group) is 1. The summed E-state index contributed by atoms with van der Waals surface area (Å²) in [5.74, 6) is 1.36. The number of piperidine rings is 1. The number of ether oxygens (including phenoxy) is 1. The number of nitrogens with zero attached hydrogens (tertiary/aromatic N) is 4. The molecule has 2 atom stereocenters. The van der Waals surface area contributed by atoms with E-state index in [1.54, 1.807) is 6.07 Å². The standard InChI is InChI=1S/C19H25N5O3/c1-3-24-9-12(8-13(25)10-24)21-19-20-11(2)17(22-23-19)15-4-5-16-14(18(15)26)6-7-27-16/h4-5,12-13,25-26H,3,6-10H2,1-2H3,(H,20,21,23)/t12-,13+/m1/s1. The summed E-state index contributed by atoms with van der Waals surface area (Å²) < 4.78 is 5.48. The average molecular weight is 371 g/mol. The van der Waals surface area contributed by atoms with Crippen molar-refractivity contribution in [3.63, 3.8) is 0 Å². The van der Waals surface area contributed by atoms with Crippen LogP contribution in [0, 0.1) is 6.92 Å². The summed E-state index contributed by atoms with van der Waals surface area (Å²) in [5.41, 5.74) is 2.68. The number of benzene rings is 1. The molecule has 1 saturated heterocycles. The number of aryl methyl sites for hydroxylation is 1. The number of anilines is 1. The summed E-state index contributed by atoms with van der Waals surface area (Å²) in [4.78, 5) is 6.73. The first-order valence-electron chi connectivity index (χ1n) is 9.41. The number of rotatable bonds is 4. The third-order valence-corrected chi connectivity index (χ3v) is 5.25. The van der Waals surface area contributed by atoms with Gasteiger partial charge in [-0.3, -0.25) is 4.90 Å². The highest BCUT2D eigenvalue weighted by Crippen LogP contribution is 2.40. The van der Waals surface area contributed by atoms with E-state index in [0.29, 0.717) is 48.9 Å². The molecule has 0 unspecified atom stereocenters. The van der Waals surface area contributed by atoms with E-state index in [1.807, 2.05) is 13.0 Å². The number of hydrogen-bond acceptors (Lipinski definition) is 8. The van der Waals surface area contributed by atoms with Crippen LogP contribution in [0.1, 0.15) is 24.6 Å². The molecule has 0 saturated carbocycles. The van der Waals surface area contributed by atoms with Crippen molar-refractivity contribution in [1.29, 1.82) is 0 Å². The second kappa shape index (κ2) is 7.28. The minimum absolute atomic E-state index is 0.0753. The molecule has 1 aromatic heterocycles. The summed E-state index contributed by atoms with van der Waals surface area (Å²) in [6.45, 7) is 6.96. The fourth-order valence-corrected chi connectivity index (χ4v) is 3.87. The summed E-state index contributed by atoms with van der Waals surface area (Å²) in [6.07, 6.45) is 0.994. The van der Waals surface area contributed by atoms with E-state index in [-0.39, 0.29) is 17.9 Å². The molecular weight excluding hydrogens is 346 g/mol. The highest BCUT2D eigenvalue weighted by Gasteiger charge is 2.26. The predicted molar refractivity (Wildman–Crippen MR) is 101 cm³/mol. The van der Waals surface area contributed by atoms with Crippen LogP contribution in [0.4, 0.5) is 5.95 Å². The van der Waals surface area contributed by atoms with E-state index < -0.39 is 0 Å². The van der Waals surface area contributed by atoms with Gasteiger partial charge in [-0.25, -0.2) is 4.98 Å². The average Bonchev–Trinajstić information content (AvgIpc) is 3.12. The van der Waals surface area contributed by atoms with Crippen molar-refractivity contribution < 1.29 is 14.9 Å². The maximum absolute atomic E-state index is 10.6. The summed E-state index contributed by atoms with van der Waals surface area (Å²) in [7, 11) is 0. The molecule has 3 heterocycles. The first kappa shape index (κ1) is 17.9. The number of hydrogen-bond donors (Lipinski definition) is 3. The normalized spacial score (nSPS) is 22.3. The summed E-state index contributed by atoms with van der Waals surface area (Å²) >= 11 is 0. The first-order chi connectivity index (χ1) is 13.0. The van der Waals surface area contributed by atoms with Crippen LogP contribution in [0.5, 0.6) is 11.5 Å². The van der Waals surface area contributed by atoms with Crippen LogP contribution < -0.4 is 10.1 Å². The molecule has 2 aliphatic rings. The van der Waals surface area contributed by atoms with Crippen LogP contribution in [0.3, 0.4) is 0 Å². The molecule has 0 spiro atoms. The molecule has 3 N–H and O–H groups in total. The zero-order valence-corrected chi connectivity index (χ0v) is 15.6. The number of aromatic hydroxyl groups is 1. The number of fused-ring (bicyclic) bond motifs is 1. The van der Waals surface area contributed by atoms with Gasteiger partial charge >= 0.3 is 0 Å². The van der Waals surface area contributed by atoms with E-state index in [2.05, 4.69) is 32.3 Å². The summed E-state index contributed by atoms with van der Waals surface area (Å²) in [5, 5.41) is 32.4. The molecule has 0 amide bonds. The number of phenolic OH excluding ortho intramolecular Hbond substituents is 1. The molecule has 27 heavy (non-hydrogen) atoms. The number of β-amino-alcohol motifs (C(OH)–C–C–N with tert-alkyl or cyclic N) is 1. The second-order valence-corrected chi connectivity index (χ2v) is 7.19. The van der Waals surface area contributed by atoms with Gasteiger partial charge in [0.25, 0.3) is 0 Å². The zero-order valence-electron chi connectivity index (χ0n) is 15.6. The SMILES string of the molecule is CCN1C[C@@H](O)C[C@@H](Nc2nnc(-c3ccc4c(c3O)CCO4)c(C)n2)C1. The lowest BCUT2D eigenvalue weighted by molar-refractivity contribution is 0.0670. The van der Waals surface area contributed by atoms with Crippen molar-refractivity contribution >= 4 is 5.95 Å². The van der Waals surface area contributed by atoms with Crippen molar-refractivity contribution in [2.24, 2.45) is 0 Å². The van der Waals surface area contributed by atoms with Gasteiger partial charge in [-0.2, -0.15) is 0 Å². The number of aromatic nitrogens is 3. The lowest BCUT2D eigenvalue weighted by Crippen LogP contribution is -2.48. The Hall–Kier alpha value is -2.45. The van der Waals surface area contributed by atoms with Crippen molar-refractivity contribution in [2.75, 3.05) is 31.6 Å². The Labute approximate surface area is 158 Å². The van der Waals surface area contributed by atoms with Gasteiger partial charge < -0.3 is 20.3 Å². The molecule has 4 rings (SSSR count). The Balaban J connectivity index is 1.55. The van der Waals surface area contributed by atoms with Gasteiger partial charge in [0.15, 0.2) is 0 Å². The minimum Gasteiger partial charge on any atom is -0.507 e. The van der Waals surface area contributed by atoms with Crippen LogP contribution in [0.2, 0.25) is 0 Å². The monoisotopic (exact) mass is 371 g/mol. The van der Waals surface area contributed by atoms with E-state index in [4.69, 9.17) is 4.74 Å². The molecule has 0 radical (unpaired) electrons. The first-order valence-corrected chi connectivity index (χ1v) is 9.41. The lowest BCUT2D eigenvalue weighted by Gasteiger charge is -2.35. The van der Waals surface area contributed by atoms with Crippen molar-refractivity contribution in [2.45, 2.75) is 38.8 Å². The molecule has 2 aromatic rings. The van der Waals surface area contributed by atoms with Crippen LogP contribution >= 0.6 is 0 Å². The Kier molecular flexibility index (Phi) is 4.84. The maximum atomic E-state index is 10.6. The summed E-state index contributed by atoms with van der Waals surface area (Å²) in [6, 6.07) is 3.72. The van der Waals surface area contributed by atoms with E-state index in [9.17, 15) is 10.2 Å². The molecule has 1 aromatic carbocycles. The third-order valence-electron chi connectivity index (χ3n) is 5.25. The highest BCUT2D eigenvalue weighted by molar-refractivity contribution is 5.72. The Morgan fingerprint density at radius 1 is 1.30 bits per heavy atom. The lowest BCUT2D eigenvalue weighted by atomic mass is 10.0. The fourth-order valence-electron chi connectivity index (χ4n) is 3.87. The zero-order chi connectivity index (χ0) is 19.0. The Morgan fingerprint density at radius 2 is 2.15 bits per heavy atom. The third kappa shape index (κ3) is 3.54. The molecule has 0 aliphatic carbocycles. The second-order valence-electron chi connectivity index (χ2n) is 7.19. The molecule has 2 aliphatic heterocycles. The van der Waals surface area contributed by atoms with Gasteiger partial charge in [0.05, 0.1) is 18.4 Å².